The van der Waals surface area contributed by atoms with Crippen LogP contribution in [0.1, 0.15) is 12.5 Å². The summed E-state index contributed by atoms with van der Waals surface area (Å²) in [6.07, 6.45) is 0. The highest BCUT2D eigenvalue weighted by Crippen LogP contribution is 2.28. The molecule has 0 aliphatic rings. The molecule has 0 unspecified atom stereocenters. The molecular formula is C13H12O3. The van der Waals surface area contributed by atoms with Gasteiger partial charge in [0.1, 0.15) is 0 Å². The summed E-state index contributed by atoms with van der Waals surface area (Å²) in [6.45, 7) is 1.29. The zero-order valence-electron chi connectivity index (χ0n) is 8.84. The normalized spacial score (nSPS) is 14.6. The van der Waals surface area contributed by atoms with Crippen molar-refractivity contribution >= 4 is 16.7 Å². The lowest BCUT2D eigenvalue weighted by Gasteiger charge is -2.20. The average molecular weight is 216 g/mol. The Kier molecular flexibility index (Phi) is 2.40. The van der Waals surface area contributed by atoms with E-state index in [1.54, 1.807) is 12.1 Å². The molecule has 0 saturated heterocycles. The lowest BCUT2D eigenvalue weighted by atomic mass is 9.91. The van der Waals surface area contributed by atoms with Crippen LogP contribution in [0.5, 0.6) is 0 Å². The first-order valence-electron chi connectivity index (χ1n) is 4.97. The van der Waals surface area contributed by atoms with Crippen LogP contribution < -0.4 is 0 Å². The van der Waals surface area contributed by atoms with Crippen LogP contribution in [-0.4, -0.2) is 16.2 Å². The van der Waals surface area contributed by atoms with Crippen LogP contribution >= 0.6 is 0 Å². The second-order valence-electron chi connectivity index (χ2n) is 3.90. The quantitative estimate of drug-likeness (QED) is 0.808. The summed E-state index contributed by atoms with van der Waals surface area (Å²) in [7, 11) is 0. The number of hydrogen-bond acceptors (Lipinski definition) is 2. The molecule has 0 aliphatic heterocycles. The Labute approximate surface area is 93.0 Å². The topological polar surface area (TPSA) is 57.5 Å². The standard InChI is InChI=1S/C13H12O3/c1-13(16,12(14)15)11-8-4-6-9-5-2-3-7-10(9)11/h2-8,16H,1H3,(H,14,15)/t13-/m1/s1. The molecular weight excluding hydrogens is 204 g/mol. The van der Waals surface area contributed by atoms with Crippen LogP contribution in [0.15, 0.2) is 42.5 Å². The van der Waals surface area contributed by atoms with Crippen molar-refractivity contribution in [1.82, 2.24) is 0 Å². The maximum atomic E-state index is 11.0. The summed E-state index contributed by atoms with van der Waals surface area (Å²) >= 11 is 0. The zero-order valence-corrected chi connectivity index (χ0v) is 8.84. The molecule has 2 rings (SSSR count). The maximum absolute atomic E-state index is 11.0. The summed E-state index contributed by atoms with van der Waals surface area (Å²) < 4.78 is 0. The third-order valence-corrected chi connectivity index (χ3v) is 2.73. The fourth-order valence-electron chi connectivity index (χ4n) is 1.77. The molecule has 82 valence electrons. The Hall–Kier alpha value is -1.87. The molecule has 0 heterocycles. The third-order valence-electron chi connectivity index (χ3n) is 2.73. The summed E-state index contributed by atoms with van der Waals surface area (Å²) in [6, 6.07) is 12.7. The van der Waals surface area contributed by atoms with E-state index in [-0.39, 0.29) is 0 Å². The first-order valence-corrected chi connectivity index (χ1v) is 4.97. The molecule has 1 atom stereocenters. The molecule has 0 fully saturated rings. The fraction of sp³-hybridized carbons (Fsp3) is 0.154. The maximum Gasteiger partial charge on any atom is 0.340 e. The number of hydrogen-bond donors (Lipinski definition) is 2. The molecule has 0 saturated carbocycles. The molecule has 3 nitrogen and oxygen atoms in total. The zero-order chi connectivity index (χ0) is 11.8. The van der Waals surface area contributed by atoms with Crippen molar-refractivity contribution in [2.24, 2.45) is 0 Å². The largest absolute Gasteiger partial charge is 0.479 e. The van der Waals surface area contributed by atoms with Gasteiger partial charge < -0.3 is 10.2 Å². The summed E-state index contributed by atoms with van der Waals surface area (Å²) in [5.74, 6) is -1.25. The molecule has 0 amide bonds. The third kappa shape index (κ3) is 1.55. The van der Waals surface area contributed by atoms with Gasteiger partial charge in [0.2, 0.25) is 0 Å². The monoisotopic (exact) mass is 216 g/mol. The van der Waals surface area contributed by atoms with Gasteiger partial charge in [-0.25, -0.2) is 4.79 Å². The van der Waals surface area contributed by atoms with E-state index in [9.17, 15) is 9.90 Å². The van der Waals surface area contributed by atoms with Gasteiger partial charge in [-0.15, -0.1) is 0 Å². The predicted octanol–water partition coefficient (Wildman–Crippen LogP) is 2.13. The Morgan fingerprint density at radius 2 is 1.75 bits per heavy atom. The van der Waals surface area contributed by atoms with Crippen molar-refractivity contribution in [1.29, 1.82) is 0 Å². The van der Waals surface area contributed by atoms with Gasteiger partial charge in [0, 0.05) is 5.56 Å². The van der Waals surface area contributed by atoms with Gasteiger partial charge in [-0.05, 0) is 17.7 Å². The van der Waals surface area contributed by atoms with Gasteiger partial charge in [-0.3, -0.25) is 0 Å². The number of aliphatic carboxylic acids is 1. The summed E-state index contributed by atoms with van der Waals surface area (Å²) in [4.78, 5) is 11.0. The molecule has 0 radical (unpaired) electrons. The van der Waals surface area contributed by atoms with Crippen LogP contribution in [0, 0.1) is 0 Å². The van der Waals surface area contributed by atoms with Crippen molar-refractivity contribution in [3.63, 3.8) is 0 Å². The Morgan fingerprint density at radius 1 is 1.12 bits per heavy atom. The molecule has 0 aromatic heterocycles. The summed E-state index contributed by atoms with van der Waals surface area (Å²) in [5, 5.41) is 20.6. The van der Waals surface area contributed by atoms with E-state index in [1.807, 2.05) is 30.3 Å². The highest BCUT2D eigenvalue weighted by atomic mass is 16.4. The first kappa shape index (κ1) is 10.6. The number of aliphatic hydroxyl groups is 1. The number of carbonyl (C=O) groups is 1. The van der Waals surface area contributed by atoms with Crippen molar-refractivity contribution in [3.8, 4) is 0 Å². The molecule has 2 aromatic rings. The lowest BCUT2D eigenvalue weighted by Crippen LogP contribution is -2.31. The molecule has 2 aromatic carbocycles. The minimum absolute atomic E-state index is 0.415. The Bertz CT molecular complexity index is 538. The molecule has 2 N–H and O–H groups in total. The van der Waals surface area contributed by atoms with Crippen molar-refractivity contribution in [2.45, 2.75) is 12.5 Å². The molecule has 16 heavy (non-hydrogen) atoms. The summed E-state index contributed by atoms with van der Waals surface area (Å²) in [5.41, 5.74) is -1.45. The van der Waals surface area contributed by atoms with Gasteiger partial charge in [0.25, 0.3) is 0 Å². The van der Waals surface area contributed by atoms with Gasteiger partial charge in [0.05, 0.1) is 0 Å². The van der Waals surface area contributed by atoms with E-state index in [0.29, 0.717) is 5.56 Å². The van der Waals surface area contributed by atoms with E-state index in [0.717, 1.165) is 10.8 Å². The van der Waals surface area contributed by atoms with Crippen molar-refractivity contribution < 1.29 is 15.0 Å². The lowest BCUT2D eigenvalue weighted by molar-refractivity contribution is -0.157. The van der Waals surface area contributed by atoms with Crippen LogP contribution in [0.2, 0.25) is 0 Å². The van der Waals surface area contributed by atoms with Gasteiger partial charge in [0.15, 0.2) is 5.60 Å². The van der Waals surface area contributed by atoms with E-state index >= 15 is 0 Å². The average Bonchev–Trinajstić information content (AvgIpc) is 2.28. The van der Waals surface area contributed by atoms with Crippen molar-refractivity contribution in [3.05, 3.63) is 48.0 Å². The van der Waals surface area contributed by atoms with E-state index in [2.05, 4.69) is 0 Å². The van der Waals surface area contributed by atoms with Crippen LogP contribution in [0.3, 0.4) is 0 Å². The van der Waals surface area contributed by atoms with E-state index in [4.69, 9.17) is 5.11 Å². The second kappa shape index (κ2) is 3.61. The number of carboxylic acids is 1. The SMILES string of the molecule is C[C@](O)(C(=O)O)c1cccc2ccccc12. The Balaban J connectivity index is 2.74. The minimum atomic E-state index is -1.86. The number of carboxylic acid groups (broad SMARTS) is 1. The molecule has 0 spiro atoms. The highest BCUT2D eigenvalue weighted by Gasteiger charge is 2.33. The first-order chi connectivity index (χ1) is 7.53. The minimum Gasteiger partial charge on any atom is -0.479 e. The van der Waals surface area contributed by atoms with Crippen molar-refractivity contribution in [2.75, 3.05) is 0 Å². The molecule has 3 heteroatoms. The van der Waals surface area contributed by atoms with Gasteiger partial charge in [-0.2, -0.15) is 0 Å². The smallest absolute Gasteiger partial charge is 0.340 e. The molecule has 0 bridgehead atoms. The number of fused-ring (bicyclic) bond motifs is 1. The molecule has 0 aliphatic carbocycles. The second-order valence-corrected chi connectivity index (χ2v) is 3.90. The van der Waals surface area contributed by atoms with Crippen LogP contribution in [-0.2, 0) is 10.4 Å². The van der Waals surface area contributed by atoms with Gasteiger partial charge in [-0.1, -0.05) is 42.5 Å². The Morgan fingerprint density at radius 3 is 2.44 bits per heavy atom. The highest BCUT2D eigenvalue weighted by molar-refractivity contribution is 5.91. The van der Waals surface area contributed by atoms with E-state index in [1.165, 1.54) is 6.92 Å². The fourth-order valence-corrected chi connectivity index (χ4v) is 1.77. The number of rotatable bonds is 2. The van der Waals surface area contributed by atoms with Crippen LogP contribution in [0.4, 0.5) is 0 Å². The van der Waals surface area contributed by atoms with Crippen LogP contribution in [0.25, 0.3) is 10.8 Å². The van der Waals surface area contributed by atoms with E-state index < -0.39 is 11.6 Å². The predicted molar refractivity (Wildman–Crippen MR) is 61.2 cm³/mol. The number of benzene rings is 2. The van der Waals surface area contributed by atoms with Gasteiger partial charge >= 0.3 is 5.97 Å².